The van der Waals surface area contributed by atoms with Gasteiger partial charge < -0.3 is 14.2 Å². The second-order valence-corrected chi connectivity index (χ2v) is 8.24. The molecule has 1 amide bonds. The molecule has 0 atom stereocenters. The molecule has 2 aromatic heterocycles. The molecule has 7 heteroatoms. The fourth-order valence-corrected chi connectivity index (χ4v) is 3.94. The van der Waals surface area contributed by atoms with Gasteiger partial charge in [-0.25, -0.2) is 4.79 Å². The number of esters is 1. The lowest BCUT2D eigenvalue weighted by Crippen LogP contribution is -2.37. The Morgan fingerprint density at radius 2 is 1.93 bits per heavy atom. The van der Waals surface area contributed by atoms with Gasteiger partial charge in [0.1, 0.15) is 5.69 Å². The minimum atomic E-state index is -0.478. The second kappa shape index (κ2) is 9.19. The molecule has 6 nitrogen and oxygen atoms in total. The molecule has 0 aliphatic rings. The molecule has 2 aromatic rings. The van der Waals surface area contributed by atoms with Gasteiger partial charge in [-0.3, -0.25) is 9.59 Å². The van der Waals surface area contributed by atoms with E-state index < -0.39 is 5.97 Å². The molecular formula is C21H28N2O4S. The van der Waals surface area contributed by atoms with Gasteiger partial charge in [-0.1, -0.05) is 19.9 Å². The summed E-state index contributed by atoms with van der Waals surface area (Å²) < 4.78 is 6.52. The van der Waals surface area contributed by atoms with Gasteiger partial charge in [-0.2, -0.15) is 0 Å². The Bertz CT molecular complexity index is 866. The number of aromatic nitrogens is 1. The molecular weight excluding hydrogens is 376 g/mol. The lowest BCUT2D eigenvalue weighted by atomic mass is 10.0. The summed E-state index contributed by atoms with van der Waals surface area (Å²) in [6.07, 6.45) is 0.810. The molecule has 0 saturated carbocycles. The predicted octanol–water partition coefficient (Wildman–Crippen LogP) is 3.86. The van der Waals surface area contributed by atoms with Crippen LogP contribution in [0.4, 0.5) is 0 Å². The third kappa shape index (κ3) is 4.52. The summed E-state index contributed by atoms with van der Waals surface area (Å²) in [6.45, 7) is 8.20. The van der Waals surface area contributed by atoms with E-state index in [4.69, 9.17) is 4.74 Å². The van der Waals surface area contributed by atoms with Crippen LogP contribution in [0.1, 0.15) is 62.0 Å². The first-order chi connectivity index (χ1) is 13.2. The Morgan fingerprint density at radius 3 is 2.46 bits per heavy atom. The highest BCUT2D eigenvalue weighted by molar-refractivity contribution is 7.12. The van der Waals surface area contributed by atoms with E-state index in [1.807, 2.05) is 11.4 Å². The molecule has 2 heterocycles. The molecule has 0 aliphatic carbocycles. The number of thiophene rings is 1. The van der Waals surface area contributed by atoms with Crippen LogP contribution in [0.2, 0.25) is 0 Å². The average molecular weight is 405 g/mol. The SMILES string of the molecule is COC(=O)c1c(C)c(C(=O)CN(CCC(C)C)C(=O)c2cccs2)c(C)n1C. The maximum absolute atomic E-state index is 13.1. The quantitative estimate of drug-likeness (QED) is 0.495. The maximum Gasteiger partial charge on any atom is 0.354 e. The number of hydrogen-bond acceptors (Lipinski definition) is 5. The molecule has 0 saturated heterocycles. The fourth-order valence-electron chi connectivity index (χ4n) is 3.25. The van der Waals surface area contributed by atoms with Crippen LogP contribution >= 0.6 is 11.3 Å². The third-order valence-electron chi connectivity index (χ3n) is 4.92. The molecule has 0 N–H and O–H groups in total. The van der Waals surface area contributed by atoms with Gasteiger partial charge in [0.25, 0.3) is 5.91 Å². The highest BCUT2D eigenvalue weighted by atomic mass is 32.1. The predicted molar refractivity (Wildman–Crippen MR) is 110 cm³/mol. The summed E-state index contributed by atoms with van der Waals surface area (Å²) in [5.74, 6) is -0.369. The summed E-state index contributed by atoms with van der Waals surface area (Å²) in [5.41, 5.74) is 2.12. The van der Waals surface area contributed by atoms with E-state index in [9.17, 15) is 14.4 Å². The number of nitrogens with zero attached hydrogens (tertiary/aromatic N) is 2. The van der Waals surface area contributed by atoms with Crippen LogP contribution in [-0.2, 0) is 11.8 Å². The molecule has 0 aromatic carbocycles. The normalized spacial score (nSPS) is 11.0. The largest absolute Gasteiger partial charge is 0.464 e. The fraction of sp³-hybridized carbons (Fsp3) is 0.476. The maximum atomic E-state index is 13.1. The van der Waals surface area contributed by atoms with Crippen LogP contribution in [0.3, 0.4) is 0 Å². The van der Waals surface area contributed by atoms with E-state index in [2.05, 4.69) is 13.8 Å². The average Bonchev–Trinajstić information content (AvgIpc) is 3.25. The highest BCUT2D eigenvalue weighted by Gasteiger charge is 2.28. The van der Waals surface area contributed by atoms with Gasteiger partial charge in [0.05, 0.1) is 18.5 Å². The number of carbonyl (C=O) groups is 3. The standard InChI is InChI=1S/C21H28N2O4S/c1-13(2)9-10-23(20(25)17-8-7-11-28-17)12-16(24)18-14(3)19(21(26)27-6)22(5)15(18)4/h7-8,11,13H,9-10,12H2,1-6H3. The van der Waals surface area contributed by atoms with Gasteiger partial charge in [0.2, 0.25) is 0 Å². The van der Waals surface area contributed by atoms with Crippen molar-refractivity contribution in [2.45, 2.75) is 34.1 Å². The smallest absolute Gasteiger partial charge is 0.354 e. The number of hydrogen-bond donors (Lipinski definition) is 0. The van der Waals surface area contributed by atoms with Crippen molar-refractivity contribution in [2.24, 2.45) is 13.0 Å². The van der Waals surface area contributed by atoms with Crippen LogP contribution < -0.4 is 0 Å². The van der Waals surface area contributed by atoms with E-state index in [0.717, 1.165) is 6.42 Å². The number of ketones is 1. The van der Waals surface area contributed by atoms with E-state index >= 15 is 0 Å². The van der Waals surface area contributed by atoms with Crippen LogP contribution in [0, 0.1) is 19.8 Å². The highest BCUT2D eigenvalue weighted by Crippen LogP contribution is 2.23. The number of carbonyl (C=O) groups excluding carboxylic acids is 3. The Morgan fingerprint density at radius 1 is 1.25 bits per heavy atom. The molecule has 152 valence electrons. The summed E-state index contributed by atoms with van der Waals surface area (Å²) in [5, 5.41) is 1.85. The number of Topliss-reactive ketones (excluding diaryl/α,β-unsaturated/α-hetero) is 1. The lowest BCUT2D eigenvalue weighted by molar-refractivity contribution is 0.0588. The molecule has 0 radical (unpaired) electrons. The zero-order valence-corrected chi connectivity index (χ0v) is 18.2. The Balaban J connectivity index is 2.33. The first-order valence-electron chi connectivity index (χ1n) is 9.29. The minimum Gasteiger partial charge on any atom is -0.464 e. The van der Waals surface area contributed by atoms with Gasteiger partial charge in [0.15, 0.2) is 5.78 Å². The van der Waals surface area contributed by atoms with E-state index in [1.54, 1.807) is 36.4 Å². The van der Waals surface area contributed by atoms with Gasteiger partial charge in [-0.15, -0.1) is 11.3 Å². The van der Waals surface area contributed by atoms with E-state index in [0.29, 0.717) is 39.9 Å². The van der Waals surface area contributed by atoms with Crippen LogP contribution in [0.5, 0.6) is 0 Å². The Labute approximate surface area is 170 Å². The monoisotopic (exact) mass is 404 g/mol. The molecule has 0 spiro atoms. The number of ether oxygens (including phenoxy) is 1. The van der Waals surface area contributed by atoms with Gasteiger partial charge >= 0.3 is 5.97 Å². The Hall–Kier alpha value is -2.41. The van der Waals surface area contributed by atoms with E-state index in [-0.39, 0.29) is 18.2 Å². The number of methoxy groups -OCH3 is 1. The zero-order chi connectivity index (χ0) is 21.0. The molecule has 0 aliphatic heterocycles. The van der Waals surface area contributed by atoms with Crippen molar-refractivity contribution in [3.8, 4) is 0 Å². The Kier molecular flexibility index (Phi) is 7.18. The molecule has 28 heavy (non-hydrogen) atoms. The van der Waals surface area contributed by atoms with Crippen LogP contribution in [-0.4, -0.2) is 47.3 Å². The van der Waals surface area contributed by atoms with Gasteiger partial charge in [0, 0.05) is 24.8 Å². The van der Waals surface area contributed by atoms with Crippen molar-refractivity contribution in [3.63, 3.8) is 0 Å². The van der Waals surface area contributed by atoms with Crippen LogP contribution in [0.15, 0.2) is 17.5 Å². The van der Waals surface area contributed by atoms with E-state index in [1.165, 1.54) is 18.4 Å². The summed E-state index contributed by atoms with van der Waals surface area (Å²) in [4.78, 5) is 40.3. The summed E-state index contributed by atoms with van der Waals surface area (Å²) in [6, 6.07) is 3.60. The first-order valence-corrected chi connectivity index (χ1v) is 10.2. The van der Waals surface area contributed by atoms with Crippen LogP contribution in [0.25, 0.3) is 0 Å². The molecule has 0 bridgehead atoms. The van der Waals surface area contributed by atoms with Gasteiger partial charge in [-0.05, 0) is 43.2 Å². The zero-order valence-electron chi connectivity index (χ0n) is 17.4. The van der Waals surface area contributed by atoms with Crippen molar-refractivity contribution < 1.29 is 19.1 Å². The summed E-state index contributed by atoms with van der Waals surface area (Å²) in [7, 11) is 3.05. The second-order valence-electron chi connectivity index (χ2n) is 7.29. The lowest BCUT2D eigenvalue weighted by Gasteiger charge is -2.22. The molecule has 0 fully saturated rings. The first kappa shape index (κ1) is 21.9. The topological polar surface area (TPSA) is 68.6 Å². The van der Waals surface area contributed by atoms with Crippen molar-refractivity contribution in [1.29, 1.82) is 0 Å². The van der Waals surface area contributed by atoms with Crippen molar-refractivity contribution in [1.82, 2.24) is 9.47 Å². The minimum absolute atomic E-state index is 0.0181. The van der Waals surface area contributed by atoms with Crippen molar-refractivity contribution >= 4 is 29.0 Å². The van der Waals surface area contributed by atoms with Crippen molar-refractivity contribution in [3.05, 3.63) is 44.9 Å². The van der Waals surface area contributed by atoms with Crippen molar-refractivity contribution in [2.75, 3.05) is 20.2 Å². The number of rotatable bonds is 8. The number of amides is 1. The summed E-state index contributed by atoms with van der Waals surface area (Å²) >= 11 is 1.37. The molecule has 0 unspecified atom stereocenters. The molecule has 2 rings (SSSR count). The third-order valence-corrected chi connectivity index (χ3v) is 5.78.